The quantitative estimate of drug-likeness (QED) is 0.552. The predicted molar refractivity (Wildman–Crippen MR) is 64.4 cm³/mol. The predicted octanol–water partition coefficient (Wildman–Crippen LogP) is 0.500. The van der Waals surface area contributed by atoms with E-state index < -0.39 is 26.7 Å². The summed E-state index contributed by atoms with van der Waals surface area (Å²) in [5.74, 6) is -1.66. The van der Waals surface area contributed by atoms with Crippen LogP contribution < -0.4 is 0 Å². The first-order chi connectivity index (χ1) is 8.14. The van der Waals surface area contributed by atoms with Gasteiger partial charge >= 0.3 is 15.2 Å². The maximum atomic E-state index is 10.8. The third-order valence-corrected chi connectivity index (χ3v) is 5.00. The van der Waals surface area contributed by atoms with Crippen LogP contribution in [0.4, 0.5) is 0 Å². The molecule has 1 heterocycles. The normalized spacial score (nSPS) is 24.6. The molecule has 0 aromatic heterocycles. The fourth-order valence-corrected chi connectivity index (χ4v) is 4.22. The Kier molecular flexibility index (Phi) is 7.82. The van der Waals surface area contributed by atoms with Crippen molar-refractivity contribution in [3.05, 3.63) is 0 Å². The lowest BCUT2D eigenvalue weighted by atomic mass is 10.4. The molecular weight excluding hydrogens is 286 g/mol. The molecule has 0 aromatic rings. The summed E-state index contributed by atoms with van der Waals surface area (Å²) >= 11 is 0. The molecule has 0 aliphatic carbocycles. The van der Waals surface area contributed by atoms with E-state index in [4.69, 9.17) is 24.3 Å². The van der Waals surface area contributed by atoms with Crippen molar-refractivity contribution in [3.63, 3.8) is 0 Å². The van der Waals surface area contributed by atoms with Crippen molar-refractivity contribution < 1.29 is 38.2 Å². The van der Waals surface area contributed by atoms with E-state index >= 15 is 0 Å². The van der Waals surface area contributed by atoms with Crippen molar-refractivity contribution in [3.8, 4) is 0 Å². The molecule has 110 valence electrons. The molecule has 8 nitrogen and oxygen atoms in total. The largest absolute Gasteiger partial charge is 0.382 e. The van der Waals surface area contributed by atoms with Gasteiger partial charge in [-0.15, -0.1) is 0 Å². The van der Waals surface area contributed by atoms with Crippen LogP contribution in [-0.4, -0.2) is 50.9 Å². The fraction of sp³-hybridized carbons (Fsp3) is 1.00. The Bertz CT molecular complexity index is 291. The van der Waals surface area contributed by atoms with Crippen LogP contribution >= 0.6 is 15.2 Å². The molecule has 2 atom stereocenters. The van der Waals surface area contributed by atoms with Crippen molar-refractivity contribution in [2.75, 3.05) is 19.8 Å². The third-order valence-electron chi connectivity index (χ3n) is 2.20. The third kappa shape index (κ3) is 6.41. The molecule has 0 amide bonds. The van der Waals surface area contributed by atoms with E-state index in [9.17, 15) is 9.13 Å². The molecule has 1 aliphatic rings. The van der Waals surface area contributed by atoms with Gasteiger partial charge in [0.05, 0.1) is 0 Å². The minimum Gasteiger partial charge on any atom is -0.382 e. The molecule has 1 rings (SSSR count). The van der Waals surface area contributed by atoms with Crippen LogP contribution in [-0.2, 0) is 18.6 Å². The smallest absolute Gasteiger partial charge is 0.355 e. The van der Waals surface area contributed by atoms with Gasteiger partial charge in [-0.3, -0.25) is 9.13 Å². The van der Waals surface area contributed by atoms with Gasteiger partial charge in [0, 0.05) is 19.8 Å². The maximum absolute atomic E-state index is 10.8. The summed E-state index contributed by atoms with van der Waals surface area (Å²) in [5.41, 5.74) is -1.38. The second-order valence-corrected chi connectivity index (χ2v) is 7.11. The Hall–Kier alpha value is 0.220. The van der Waals surface area contributed by atoms with E-state index in [0.717, 1.165) is 13.2 Å². The van der Waals surface area contributed by atoms with Crippen LogP contribution in [0.3, 0.4) is 0 Å². The molecule has 1 fully saturated rings. The number of ether oxygens (including phenoxy) is 2. The molecule has 0 bridgehead atoms. The zero-order valence-corrected chi connectivity index (χ0v) is 12.1. The van der Waals surface area contributed by atoms with Crippen molar-refractivity contribution >= 4 is 15.2 Å². The maximum Gasteiger partial charge on any atom is 0.355 e. The Morgan fingerprint density at radius 1 is 1.11 bits per heavy atom. The van der Waals surface area contributed by atoms with E-state index in [1.807, 2.05) is 13.8 Å². The van der Waals surface area contributed by atoms with Crippen LogP contribution in [0.5, 0.6) is 0 Å². The Balaban J connectivity index is 0.000000494. The van der Waals surface area contributed by atoms with Gasteiger partial charge in [0.1, 0.15) is 5.66 Å². The zero-order chi connectivity index (χ0) is 14.4. The Labute approximate surface area is 106 Å². The van der Waals surface area contributed by atoms with Crippen molar-refractivity contribution in [2.24, 2.45) is 0 Å². The fourth-order valence-electron chi connectivity index (χ4n) is 1.42. The second kappa shape index (κ2) is 7.72. The van der Waals surface area contributed by atoms with Gasteiger partial charge in [-0.05, 0) is 20.3 Å². The number of hydrogen-bond acceptors (Lipinski definition) is 4. The van der Waals surface area contributed by atoms with Crippen LogP contribution in [0.15, 0.2) is 0 Å². The standard InChI is InChI=1S/C4H10O7P2.C4H10O/c5-12(6,7)3-1-2-11-4(3)13(8,9)10;1-3-5-4-2/h3-4H,1-2H2,(H2,5,6,7)(H2,8,9,10);3-4H2,1-2H3. The zero-order valence-electron chi connectivity index (χ0n) is 10.3. The second-order valence-electron chi connectivity index (χ2n) is 3.58. The summed E-state index contributed by atoms with van der Waals surface area (Å²) in [7, 11) is -9.06. The van der Waals surface area contributed by atoms with Gasteiger partial charge in [-0.1, -0.05) is 0 Å². The van der Waals surface area contributed by atoms with Gasteiger partial charge in [-0.2, -0.15) is 0 Å². The highest BCUT2D eigenvalue weighted by atomic mass is 31.2. The Morgan fingerprint density at radius 2 is 1.61 bits per heavy atom. The number of hydrogen-bond donors (Lipinski definition) is 4. The van der Waals surface area contributed by atoms with Gasteiger partial charge in [0.15, 0.2) is 5.85 Å². The molecule has 1 aliphatic heterocycles. The van der Waals surface area contributed by atoms with E-state index in [0.29, 0.717) is 0 Å². The monoisotopic (exact) mass is 306 g/mol. The summed E-state index contributed by atoms with van der Waals surface area (Å²) in [4.78, 5) is 34.9. The molecule has 18 heavy (non-hydrogen) atoms. The lowest BCUT2D eigenvalue weighted by Gasteiger charge is -2.19. The van der Waals surface area contributed by atoms with Gasteiger partial charge in [0.25, 0.3) is 0 Å². The van der Waals surface area contributed by atoms with Crippen LogP contribution in [0.1, 0.15) is 20.3 Å². The topological polar surface area (TPSA) is 134 Å². The molecule has 4 N–H and O–H groups in total. The Morgan fingerprint density at radius 3 is 1.83 bits per heavy atom. The van der Waals surface area contributed by atoms with Crippen molar-refractivity contribution in [2.45, 2.75) is 31.8 Å². The van der Waals surface area contributed by atoms with E-state index in [-0.39, 0.29) is 13.0 Å². The molecular formula is C8H20O8P2. The SMILES string of the molecule is CCOCC.O=P(O)(O)C1CCOC1P(=O)(O)O. The van der Waals surface area contributed by atoms with Crippen LogP contribution in [0.25, 0.3) is 0 Å². The van der Waals surface area contributed by atoms with Crippen LogP contribution in [0.2, 0.25) is 0 Å². The first-order valence-corrected chi connectivity index (χ1v) is 8.80. The molecule has 2 unspecified atom stereocenters. The summed E-state index contributed by atoms with van der Waals surface area (Å²) < 4.78 is 30.9. The van der Waals surface area contributed by atoms with E-state index in [1.54, 1.807) is 0 Å². The summed E-state index contributed by atoms with van der Waals surface area (Å²) in [5, 5.41) is 0. The highest BCUT2D eigenvalue weighted by molar-refractivity contribution is 7.57. The number of rotatable bonds is 4. The van der Waals surface area contributed by atoms with Crippen molar-refractivity contribution in [1.82, 2.24) is 0 Å². The van der Waals surface area contributed by atoms with Crippen LogP contribution in [0, 0.1) is 0 Å². The highest BCUT2D eigenvalue weighted by Gasteiger charge is 2.49. The molecule has 1 saturated heterocycles. The summed E-state index contributed by atoms with van der Waals surface area (Å²) in [6, 6.07) is 0. The minimum atomic E-state index is -4.58. The van der Waals surface area contributed by atoms with E-state index in [1.165, 1.54) is 0 Å². The van der Waals surface area contributed by atoms with Gasteiger partial charge < -0.3 is 29.0 Å². The highest BCUT2D eigenvalue weighted by Crippen LogP contribution is 2.57. The minimum absolute atomic E-state index is 0.0277. The van der Waals surface area contributed by atoms with Gasteiger partial charge in [0.2, 0.25) is 0 Å². The van der Waals surface area contributed by atoms with Gasteiger partial charge in [-0.25, -0.2) is 0 Å². The average Bonchev–Trinajstić information content (AvgIpc) is 2.66. The first kappa shape index (κ1) is 18.2. The molecule has 0 aromatic carbocycles. The van der Waals surface area contributed by atoms with E-state index in [2.05, 4.69) is 4.74 Å². The molecule has 0 saturated carbocycles. The molecule has 10 heteroatoms. The first-order valence-electron chi connectivity index (χ1n) is 5.44. The molecule has 0 spiro atoms. The average molecular weight is 306 g/mol. The molecule has 0 radical (unpaired) electrons. The summed E-state index contributed by atoms with van der Waals surface area (Å²) in [6.07, 6.45) is -0.0277. The lowest BCUT2D eigenvalue weighted by molar-refractivity contribution is 0.138. The van der Waals surface area contributed by atoms with Crippen molar-refractivity contribution in [1.29, 1.82) is 0 Å². The lowest BCUT2D eigenvalue weighted by Crippen LogP contribution is -2.21. The summed E-state index contributed by atoms with van der Waals surface area (Å²) in [6.45, 7) is 5.63.